The number of nitrogens with one attached hydrogen (secondary N) is 2. The lowest BCUT2D eigenvalue weighted by atomic mass is 10.1. The molecule has 24 heavy (non-hydrogen) atoms. The third-order valence-electron chi connectivity index (χ3n) is 3.45. The number of thiocarbonyl (C=S) groups is 1. The second-order valence-corrected chi connectivity index (χ2v) is 5.98. The molecule has 0 fully saturated rings. The van der Waals surface area contributed by atoms with Gasteiger partial charge in [0.2, 0.25) is 0 Å². The Hall–Kier alpha value is -1.79. The van der Waals surface area contributed by atoms with Crippen molar-refractivity contribution in [3.8, 4) is 0 Å². The highest BCUT2D eigenvalue weighted by Gasteiger charge is 2.33. The van der Waals surface area contributed by atoms with Crippen molar-refractivity contribution in [2.24, 2.45) is 0 Å². The van der Waals surface area contributed by atoms with Crippen LogP contribution < -0.4 is 10.6 Å². The van der Waals surface area contributed by atoms with E-state index >= 15 is 0 Å². The summed E-state index contributed by atoms with van der Waals surface area (Å²) >= 11 is 10.8. The summed E-state index contributed by atoms with van der Waals surface area (Å²) in [6, 6.07) is 13.3. The highest BCUT2D eigenvalue weighted by Crippen LogP contribution is 2.36. The van der Waals surface area contributed by atoms with Crippen LogP contribution in [0.4, 0.5) is 18.9 Å². The van der Waals surface area contributed by atoms with E-state index in [-0.39, 0.29) is 21.9 Å². The van der Waals surface area contributed by atoms with Crippen molar-refractivity contribution in [3.63, 3.8) is 0 Å². The van der Waals surface area contributed by atoms with Gasteiger partial charge in [-0.1, -0.05) is 48.9 Å². The van der Waals surface area contributed by atoms with Crippen LogP contribution in [0, 0.1) is 0 Å². The first kappa shape index (κ1) is 18.5. The molecule has 0 aliphatic heterocycles. The molecule has 0 radical (unpaired) electrons. The average molecular weight is 373 g/mol. The van der Waals surface area contributed by atoms with Crippen molar-refractivity contribution in [2.45, 2.75) is 25.6 Å². The minimum atomic E-state index is -4.51. The second-order valence-electron chi connectivity index (χ2n) is 5.16. The number of anilines is 1. The van der Waals surface area contributed by atoms with Crippen LogP contribution in [0.15, 0.2) is 48.5 Å². The molecular weight excluding hydrogens is 357 g/mol. The lowest BCUT2D eigenvalue weighted by Gasteiger charge is -2.20. The fourth-order valence-corrected chi connectivity index (χ4v) is 2.74. The number of hydrogen-bond acceptors (Lipinski definition) is 1. The van der Waals surface area contributed by atoms with Gasteiger partial charge in [0.15, 0.2) is 5.11 Å². The third kappa shape index (κ3) is 4.85. The topological polar surface area (TPSA) is 24.1 Å². The molecule has 0 aliphatic carbocycles. The second kappa shape index (κ2) is 7.85. The van der Waals surface area contributed by atoms with Gasteiger partial charge in [0.05, 0.1) is 16.6 Å². The Morgan fingerprint density at radius 1 is 1.17 bits per heavy atom. The van der Waals surface area contributed by atoms with Crippen molar-refractivity contribution >= 4 is 34.6 Å². The molecule has 0 saturated heterocycles. The Bertz CT molecular complexity index is 705. The molecule has 2 aromatic rings. The summed E-state index contributed by atoms with van der Waals surface area (Å²) in [4.78, 5) is 0. The van der Waals surface area contributed by atoms with E-state index in [4.69, 9.17) is 23.8 Å². The number of halogens is 4. The van der Waals surface area contributed by atoms with E-state index in [0.717, 1.165) is 18.1 Å². The van der Waals surface area contributed by atoms with E-state index < -0.39 is 11.7 Å². The zero-order valence-corrected chi connectivity index (χ0v) is 14.4. The third-order valence-corrected chi connectivity index (χ3v) is 3.99. The SMILES string of the molecule is CC[C@H](NC(=S)Nc1ccc(Cl)c(C(F)(F)F)c1)c1ccccc1. The maximum absolute atomic E-state index is 12.9. The van der Waals surface area contributed by atoms with Crippen LogP contribution in [0.3, 0.4) is 0 Å². The molecule has 0 unspecified atom stereocenters. The summed E-state index contributed by atoms with van der Waals surface area (Å²) in [7, 11) is 0. The van der Waals surface area contributed by atoms with Gasteiger partial charge < -0.3 is 10.6 Å². The molecule has 0 heterocycles. The number of rotatable bonds is 4. The summed E-state index contributed by atoms with van der Waals surface area (Å²) in [5.41, 5.74) is 0.385. The van der Waals surface area contributed by atoms with Crippen molar-refractivity contribution in [3.05, 3.63) is 64.7 Å². The minimum absolute atomic E-state index is 0.0272. The van der Waals surface area contributed by atoms with Crippen LogP contribution in [0.1, 0.15) is 30.5 Å². The van der Waals surface area contributed by atoms with Gasteiger partial charge >= 0.3 is 6.18 Å². The van der Waals surface area contributed by atoms with Crippen molar-refractivity contribution in [2.75, 3.05) is 5.32 Å². The predicted molar refractivity (Wildman–Crippen MR) is 95.3 cm³/mol. The maximum Gasteiger partial charge on any atom is 0.417 e. The normalized spacial score (nSPS) is 12.5. The van der Waals surface area contributed by atoms with Gasteiger partial charge in [-0.25, -0.2) is 0 Å². The fraction of sp³-hybridized carbons (Fsp3) is 0.235. The lowest BCUT2D eigenvalue weighted by Crippen LogP contribution is -2.32. The molecule has 0 spiro atoms. The quantitative estimate of drug-likeness (QED) is 0.663. The standard InChI is InChI=1S/C17H16ClF3N2S/c1-2-15(11-6-4-3-5-7-11)23-16(24)22-12-8-9-14(18)13(10-12)17(19,20)21/h3-10,15H,2H2,1H3,(H2,22,23,24)/t15-/m0/s1. The summed E-state index contributed by atoms with van der Waals surface area (Å²) in [5.74, 6) is 0. The van der Waals surface area contributed by atoms with Crippen molar-refractivity contribution in [1.29, 1.82) is 0 Å². The molecule has 7 heteroatoms. The number of benzene rings is 2. The van der Waals surface area contributed by atoms with E-state index in [1.165, 1.54) is 12.1 Å². The Morgan fingerprint density at radius 2 is 1.83 bits per heavy atom. The molecule has 2 rings (SSSR count). The summed E-state index contributed by atoms with van der Waals surface area (Å²) < 4.78 is 38.7. The van der Waals surface area contributed by atoms with E-state index in [1.807, 2.05) is 37.3 Å². The van der Waals surface area contributed by atoms with Gasteiger partial charge in [-0.15, -0.1) is 0 Å². The zero-order chi connectivity index (χ0) is 17.7. The first-order valence-corrected chi connectivity index (χ1v) is 8.09. The van der Waals surface area contributed by atoms with Gasteiger partial charge in [0.25, 0.3) is 0 Å². The van der Waals surface area contributed by atoms with Gasteiger partial charge in [-0.2, -0.15) is 13.2 Å². The van der Waals surface area contributed by atoms with Crippen molar-refractivity contribution in [1.82, 2.24) is 5.32 Å². The summed E-state index contributed by atoms with van der Waals surface area (Å²) in [6.07, 6.45) is -3.74. The Kier molecular flexibility index (Phi) is 6.07. The van der Waals surface area contributed by atoms with Gasteiger partial charge in [0.1, 0.15) is 0 Å². The predicted octanol–water partition coefficient (Wildman–Crippen LogP) is 5.80. The molecule has 2 nitrogen and oxygen atoms in total. The van der Waals surface area contributed by atoms with Crippen LogP contribution in [-0.4, -0.2) is 5.11 Å². The molecule has 128 valence electrons. The van der Waals surface area contributed by atoms with Gasteiger partial charge in [-0.05, 0) is 42.4 Å². The summed E-state index contributed by atoms with van der Waals surface area (Å²) in [6.45, 7) is 2.00. The Labute approximate surface area is 149 Å². The van der Waals surface area contributed by atoms with E-state index in [1.54, 1.807) is 0 Å². The monoisotopic (exact) mass is 372 g/mol. The first-order chi connectivity index (χ1) is 11.3. The Morgan fingerprint density at radius 3 is 2.42 bits per heavy atom. The minimum Gasteiger partial charge on any atom is -0.356 e. The van der Waals surface area contributed by atoms with Crippen LogP contribution in [0.5, 0.6) is 0 Å². The summed E-state index contributed by atoms with van der Waals surface area (Å²) in [5, 5.41) is 5.79. The lowest BCUT2D eigenvalue weighted by molar-refractivity contribution is -0.137. The smallest absolute Gasteiger partial charge is 0.356 e. The zero-order valence-electron chi connectivity index (χ0n) is 12.8. The van der Waals surface area contributed by atoms with E-state index in [2.05, 4.69) is 10.6 Å². The van der Waals surface area contributed by atoms with Crippen LogP contribution in [0.25, 0.3) is 0 Å². The van der Waals surface area contributed by atoms with E-state index in [0.29, 0.717) is 0 Å². The van der Waals surface area contributed by atoms with E-state index in [9.17, 15) is 13.2 Å². The highest BCUT2D eigenvalue weighted by molar-refractivity contribution is 7.80. The molecule has 1 atom stereocenters. The molecule has 0 aromatic heterocycles. The van der Waals surface area contributed by atoms with Gasteiger partial charge in [0, 0.05) is 5.69 Å². The van der Waals surface area contributed by atoms with Crippen LogP contribution >= 0.6 is 23.8 Å². The maximum atomic E-state index is 12.9. The molecule has 0 aliphatic rings. The molecule has 0 amide bonds. The largest absolute Gasteiger partial charge is 0.417 e. The highest BCUT2D eigenvalue weighted by atomic mass is 35.5. The Balaban J connectivity index is 2.10. The molecule has 0 bridgehead atoms. The number of alkyl halides is 3. The molecule has 2 N–H and O–H groups in total. The fourth-order valence-electron chi connectivity index (χ4n) is 2.25. The van der Waals surface area contributed by atoms with Crippen LogP contribution in [-0.2, 0) is 6.18 Å². The van der Waals surface area contributed by atoms with Gasteiger partial charge in [-0.3, -0.25) is 0 Å². The van der Waals surface area contributed by atoms with Crippen molar-refractivity contribution < 1.29 is 13.2 Å². The number of hydrogen-bond donors (Lipinski definition) is 2. The molecule has 2 aromatic carbocycles. The first-order valence-electron chi connectivity index (χ1n) is 7.30. The average Bonchev–Trinajstić information content (AvgIpc) is 2.54. The molecule has 0 saturated carbocycles. The van der Waals surface area contributed by atoms with Crippen LogP contribution in [0.2, 0.25) is 5.02 Å². The molecular formula is C17H16ClF3N2S.